The van der Waals surface area contributed by atoms with E-state index in [4.69, 9.17) is 0 Å². The number of sulfonamides is 1. The Morgan fingerprint density at radius 1 is 0.862 bits per heavy atom. The Hall–Kier alpha value is -3.78. The minimum atomic E-state index is -3.98. The van der Waals surface area contributed by atoms with Crippen molar-refractivity contribution in [2.24, 2.45) is 0 Å². The monoisotopic (exact) mass is 411 g/mol. The van der Waals surface area contributed by atoms with E-state index in [2.05, 4.69) is 4.72 Å². The molecule has 0 aromatic heterocycles. The molecule has 0 aliphatic heterocycles. The summed E-state index contributed by atoms with van der Waals surface area (Å²) in [5, 5.41) is 28.6. The van der Waals surface area contributed by atoms with Crippen LogP contribution in [0.3, 0.4) is 0 Å². The molecule has 0 aliphatic carbocycles. The SMILES string of the molecule is O=C(/C=C/c1cccc(O)c1O)c1ccccc1NS(=O)(=O)c1ccc(O)cc1. The largest absolute Gasteiger partial charge is 0.508 e. The smallest absolute Gasteiger partial charge is 0.261 e. The van der Waals surface area contributed by atoms with Crippen LogP contribution in [0, 0.1) is 0 Å². The van der Waals surface area contributed by atoms with Crippen molar-refractivity contribution in [1.82, 2.24) is 0 Å². The molecule has 8 heteroatoms. The number of benzene rings is 3. The van der Waals surface area contributed by atoms with Crippen LogP contribution in [0.5, 0.6) is 17.2 Å². The lowest BCUT2D eigenvalue weighted by atomic mass is 10.1. The Balaban J connectivity index is 1.88. The molecule has 0 spiro atoms. The van der Waals surface area contributed by atoms with Crippen molar-refractivity contribution in [3.63, 3.8) is 0 Å². The van der Waals surface area contributed by atoms with Gasteiger partial charge in [-0.15, -0.1) is 0 Å². The van der Waals surface area contributed by atoms with Crippen LogP contribution < -0.4 is 4.72 Å². The molecule has 148 valence electrons. The highest BCUT2D eigenvalue weighted by atomic mass is 32.2. The molecule has 0 radical (unpaired) electrons. The molecule has 0 saturated heterocycles. The first-order valence-corrected chi connectivity index (χ1v) is 9.90. The van der Waals surface area contributed by atoms with E-state index in [1.807, 2.05) is 0 Å². The Morgan fingerprint density at radius 3 is 2.28 bits per heavy atom. The molecule has 3 aromatic rings. The molecule has 0 aliphatic rings. The Labute approximate surface area is 167 Å². The van der Waals surface area contributed by atoms with Crippen molar-refractivity contribution in [3.05, 3.63) is 83.9 Å². The van der Waals surface area contributed by atoms with Crippen LogP contribution in [0.25, 0.3) is 6.08 Å². The second-order valence-electron chi connectivity index (χ2n) is 6.06. The highest BCUT2D eigenvalue weighted by Gasteiger charge is 2.18. The second kappa shape index (κ2) is 8.07. The molecule has 29 heavy (non-hydrogen) atoms. The fraction of sp³-hybridized carbons (Fsp3) is 0. The molecule has 0 atom stereocenters. The third-order valence-corrected chi connectivity index (χ3v) is 5.43. The van der Waals surface area contributed by atoms with Gasteiger partial charge in [-0.2, -0.15) is 0 Å². The van der Waals surface area contributed by atoms with E-state index in [1.54, 1.807) is 12.1 Å². The van der Waals surface area contributed by atoms with Crippen molar-refractivity contribution in [1.29, 1.82) is 0 Å². The highest BCUT2D eigenvalue weighted by molar-refractivity contribution is 7.92. The first-order chi connectivity index (χ1) is 13.8. The number of anilines is 1. The average molecular weight is 411 g/mol. The molecule has 0 bridgehead atoms. The van der Waals surface area contributed by atoms with E-state index in [0.29, 0.717) is 0 Å². The highest BCUT2D eigenvalue weighted by Crippen LogP contribution is 2.29. The van der Waals surface area contributed by atoms with Crippen LogP contribution in [0.1, 0.15) is 15.9 Å². The van der Waals surface area contributed by atoms with Gasteiger partial charge >= 0.3 is 0 Å². The Bertz CT molecular complexity index is 1180. The number of ketones is 1. The van der Waals surface area contributed by atoms with Crippen LogP contribution in [-0.2, 0) is 10.0 Å². The third-order valence-electron chi connectivity index (χ3n) is 4.04. The lowest BCUT2D eigenvalue weighted by molar-refractivity contribution is 0.104. The second-order valence-corrected chi connectivity index (χ2v) is 7.74. The summed E-state index contributed by atoms with van der Waals surface area (Å²) < 4.78 is 27.5. The fourth-order valence-corrected chi connectivity index (χ4v) is 3.63. The van der Waals surface area contributed by atoms with Gasteiger partial charge in [0.05, 0.1) is 10.6 Å². The maximum Gasteiger partial charge on any atom is 0.261 e. The molecule has 0 unspecified atom stereocenters. The van der Waals surface area contributed by atoms with Gasteiger partial charge in [0.25, 0.3) is 10.0 Å². The van der Waals surface area contributed by atoms with Crippen molar-refractivity contribution in [2.75, 3.05) is 4.72 Å². The van der Waals surface area contributed by atoms with E-state index in [1.165, 1.54) is 66.7 Å². The van der Waals surface area contributed by atoms with E-state index < -0.39 is 15.8 Å². The number of para-hydroxylation sites is 2. The van der Waals surface area contributed by atoms with Gasteiger partial charge < -0.3 is 15.3 Å². The van der Waals surface area contributed by atoms with Gasteiger partial charge in [0.1, 0.15) is 5.75 Å². The normalized spacial score (nSPS) is 11.4. The van der Waals surface area contributed by atoms with Gasteiger partial charge in [-0.25, -0.2) is 8.42 Å². The van der Waals surface area contributed by atoms with Gasteiger partial charge in [0, 0.05) is 11.1 Å². The zero-order valence-corrected chi connectivity index (χ0v) is 15.8. The lowest BCUT2D eigenvalue weighted by Gasteiger charge is -2.11. The molecule has 7 nitrogen and oxygen atoms in total. The zero-order valence-electron chi connectivity index (χ0n) is 15.0. The molecule has 0 saturated carbocycles. The number of allylic oxidation sites excluding steroid dienone is 1. The Kier molecular flexibility index (Phi) is 5.56. The van der Waals surface area contributed by atoms with Gasteiger partial charge in [-0.05, 0) is 54.6 Å². The van der Waals surface area contributed by atoms with Crippen LogP contribution >= 0.6 is 0 Å². The number of nitrogens with one attached hydrogen (secondary N) is 1. The van der Waals surface area contributed by atoms with Crippen molar-refractivity contribution in [3.8, 4) is 17.2 Å². The standard InChI is InChI=1S/C21H17NO6S/c23-15-9-11-16(12-10-15)29(27,28)22-18-6-2-1-5-17(18)19(24)13-8-14-4-3-7-20(25)21(14)26/h1-13,22-23,25-26H/b13-8+. The van der Waals surface area contributed by atoms with Crippen molar-refractivity contribution in [2.45, 2.75) is 4.90 Å². The molecule has 0 heterocycles. The van der Waals surface area contributed by atoms with Crippen molar-refractivity contribution < 1.29 is 28.5 Å². The third kappa shape index (κ3) is 4.56. The first kappa shape index (κ1) is 20.0. The van der Waals surface area contributed by atoms with E-state index >= 15 is 0 Å². The van der Waals surface area contributed by atoms with Gasteiger partial charge in [0.2, 0.25) is 0 Å². The summed E-state index contributed by atoms with van der Waals surface area (Å²) >= 11 is 0. The molecular weight excluding hydrogens is 394 g/mol. The molecule has 0 fully saturated rings. The summed E-state index contributed by atoms with van der Waals surface area (Å²) in [5.74, 6) is -1.25. The first-order valence-electron chi connectivity index (χ1n) is 8.42. The minimum Gasteiger partial charge on any atom is -0.508 e. The molecule has 4 N–H and O–H groups in total. The fourth-order valence-electron chi connectivity index (χ4n) is 2.55. The number of aromatic hydroxyl groups is 3. The van der Waals surface area contributed by atoms with Gasteiger partial charge in [0.15, 0.2) is 17.3 Å². The maximum atomic E-state index is 12.6. The zero-order chi connectivity index (χ0) is 21.0. The predicted octanol–water partition coefficient (Wildman–Crippen LogP) is 3.50. The number of hydrogen-bond donors (Lipinski definition) is 4. The van der Waals surface area contributed by atoms with Gasteiger partial charge in [-0.3, -0.25) is 9.52 Å². The maximum absolute atomic E-state index is 12.6. The molecule has 3 aromatic carbocycles. The predicted molar refractivity (Wildman–Crippen MR) is 108 cm³/mol. The van der Waals surface area contributed by atoms with Crippen LogP contribution in [-0.4, -0.2) is 29.5 Å². The van der Waals surface area contributed by atoms with Crippen LogP contribution in [0.15, 0.2) is 77.7 Å². The summed E-state index contributed by atoms with van der Waals surface area (Å²) in [6, 6.07) is 15.4. The van der Waals surface area contributed by atoms with E-state index in [-0.39, 0.29) is 39.0 Å². The number of carbonyl (C=O) groups is 1. The summed E-state index contributed by atoms with van der Waals surface area (Å²) in [6.07, 6.45) is 2.49. The summed E-state index contributed by atoms with van der Waals surface area (Å²) in [5.41, 5.74) is 0.418. The average Bonchev–Trinajstić information content (AvgIpc) is 2.69. The number of phenolic OH excluding ortho intramolecular Hbond substituents is 3. The Morgan fingerprint density at radius 2 is 1.55 bits per heavy atom. The van der Waals surface area contributed by atoms with Crippen molar-refractivity contribution >= 4 is 27.6 Å². The summed E-state index contributed by atoms with van der Waals surface area (Å²) in [4.78, 5) is 12.5. The summed E-state index contributed by atoms with van der Waals surface area (Å²) in [7, 11) is -3.98. The number of rotatable bonds is 6. The molecule has 0 amide bonds. The molecular formula is C21H17NO6S. The number of carbonyl (C=O) groups excluding carboxylic acids is 1. The van der Waals surface area contributed by atoms with E-state index in [0.717, 1.165) is 0 Å². The van der Waals surface area contributed by atoms with Gasteiger partial charge in [-0.1, -0.05) is 24.3 Å². The van der Waals surface area contributed by atoms with E-state index in [9.17, 15) is 28.5 Å². The topological polar surface area (TPSA) is 124 Å². The van der Waals surface area contributed by atoms with Crippen LogP contribution in [0.2, 0.25) is 0 Å². The number of phenols is 3. The van der Waals surface area contributed by atoms with Crippen LogP contribution in [0.4, 0.5) is 5.69 Å². The minimum absolute atomic E-state index is 0.0696. The summed E-state index contributed by atoms with van der Waals surface area (Å²) in [6.45, 7) is 0. The lowest BCUT2D eigenvalue weighted by Crippen LogP contribution is -2.15. The number of hydrogen-bond acceptors (Lipinski definition) is 6. The quantitative estimate of drug-likeness (QED) is 0.280. The molecule has 3 rings (SSSR count).